The van der Waals surface area contributed by atoms with Crippen molar-refractivity contribution in [2.24, 2.45) is 0 Å². The molecule has 0 radical (unpaired) electrons. The van der Waals surface area contributed by atoms with Gasteiger partial charge < -0.3 is 4.42 Å². The van der Waals surface area contributed by atoms with Crippen molar-refractivity contribution in [3.63, 3.8) is 0 Å². The van der Waals surface area contributed by atoms with Crippen molar-refractivity contribution in [3.8, 4) is 0 Å². The van der Waals surface area contributed by atoms with Crippen LogP contribution in [0.4, 0.5) is 0 Å². The Labute approximate surface area is 209 Å². The summed E-state index contributed by atoms with van der Waals surface area (Å²) < 4.78 is 7.03. The lowest BCUT2D eigenvalue weighted by Crippen LogP contribution is -1.81. The second-order valence-corrected chi connectivity index (χ2v) is 10.8. The molecular weight excluding hydrogens is 448 g/mol. The van der Waals surface area contributed by atoms with Gasteiger partial charge in [0.25, 0.3) is 0 Å². The van der Waals surface area contributed by atoms with Crippen molar-refractivity contribution in [1.29, 1.82) is 0 Å². The maximum absolute atomic E-state index is 7.03. The van der Waals surface area contributed by atoms with Crippen molar-refractivity contribution in [1.82, 2.24) is 0 Å². The van der Waals surface area contributed by atoms with Crippen LogP contribution < -0.4 is 0 Å². The van der Waals surface area contributed by atoms with Gasteiger partial charge in [0.2, 0.25) is 0 Å². The minimum atomic E-state index is 1.02. The Morgan fingerprint density at radius 1 is 0.270 bits per heavy atom. The van der Waals surface area contributed by atoms with Gasteiger partial charge in [0.15, 0.2) is 0 Å². The van der Waals surface area contributed by atoms with Crippen molar-refractivity contribution in [3.05, 3.63) is 97.1 Å². The molecule has 0 N–H and O–H groups in total. The van der Waals surface area contributed by atoms with Gasteiger partial charge in [-0.25, -0.2) is 0 Å². The molecule has 0 aliphatic rings. The zero-order chi connectivity index (χ0) is 23.6. The number of rotatable bonds is 0. The summed E-state index contributed by atoms with van der Waals surface area (Å²) >= 11 is 0. The molecule has 1 heteroatoms. The maximum atomic E-state index is 7.03. The van der Waals surface area contributed by atoms with Crippen LogP contribution in [0.2, 0.25) is 0 Å². The molecule has 0 aliphatic heterocycles. The van der Waals surface area contributed by atoms with E-state index in [9.17, 15) is 0 Å². The van der Waals surface area contributed by atoms with Crippen molar-refractivity contribution in [2.45, 2.75) is 0 Å². The molecule has 1 nitrogen and oxygen atoms in total. The van der Waals surface area contributed by atoms with E-state index in [-0.39, 0.29) is 0 Å². The minimum Gasteiger partial charge on any atom is -0.455 e. The van der Waals surface area contributed by atoms with Gasteiger partial charge in [-0.2, -0.15) is 0 Å². The van der Waals surface area contributed by atoms with E-state index in [1.165, 1.54) is 97.0 Å². The van der Waals surface area contributed by atoms with E-state index in [1.807, 2.05) is 0 Å². The molecule has 0 atom stereocenters. The van der Waals surface area contributed by atoms with Gasteiger partial charge in [0.05, 0.1) is 0 Å². The summed E-state index contributed by atoms with van der Waals surface area (Å²) in [7, 11) is 0. The summed E-state index contributed by atoms with van der Waals surface area (Å²) in [6, 6.07) is 36.1. The molecule has 37 heavy (non-hydrogen) atoms. The fraction of sp³-hybridized carbons (Fsp3) is 0. The number of furan rings is 1. The second kappa shape index (κ2) is 5.43. The van der Waals surface area contributed by atoms with E-state index < -0.39 is 0 Å². The van der Waals surface area contributed by atoms with Crippen LogP contribution in [0.1, 0.15) is 0 Å². The average molecular weight is 465 g/mol. The SMILES string of the molecule is c1cc2ccc3c4oc5c6ccc7cccc8c9cccc(c9c6c78)c5c4c4cccc5c(c1)c2c3c54. The van der Waals surface area contributed by atoms with Crippen LogP contribution in [-0.4, -0.2) is 0 Å². The standard InChI is InChI=1S/C36H16O/c1-5-17-13-15-25-31-27(17)19(7-1)21-9-3-11-23(29(21)31)33-34-24-12-4-10-22-20-8-2-6-18-14-16-26(36(34)37-35(25)33)32(28(18)20)30(22)24/h1-16H. The molecule has 0 saturated carbocycles. The van der Waals surface area contributed by atoms with E-state index >= 15 is 0 Å². The van der Waals surface area contributed by atoms with E-state index in [1.54, 1.807) is 0 Å². The molecule has 10 aromatic carbocycles. The van der Waals surface area contributed by atoms with Gasteiger partial charge in [0, 0.05) is 32.3 Å². The van der Waals surface area contributed by atoms with Gasteiger partial charge in [-0.15, -0.1) is 0 Å². The van der Waals surface area contributed by atoms with Crippen LogP contribution in [0, 0.1) is 0 Å². The second-order valence-electron chi connectivity index (χ2n) is 10.8. The molecule has 166 valence electrons. The van der Waals surface area contributed by atoms with Gasteiger partial charge in [-0.3, -0.25) is 0 Å². The highest BCUT2D eigenvalue weighted by Gasteiger charge is 2.26. The molecule has 0 amide bonds. The Kier molecular flexibility index (Phi) is 2.57. The first kappa shape index (κ1) is 17.5. The smallest absolute Gasteiger partial charge is 0.143 e. The summed E-state index contributed by atoms with van der Waals surface area (Å²) in [5.74, 6) is 0. The van der Waals surface area contributed by atoms with E-state index in [2.05, 4.69) is 97.1 Å². The summed E-state index contributed by atoms with van der Waals surface area (Å²) in [5, 5.41) is 23.7. The lowest BCUT2D eigenvalue weighted by Gasteiger charge is -2.08. The third-order valence-corrected chi connectivity index (χ3v) is 9.24. The molecule has 1 aromatic heterocycles. The maximum Gasteiger partial charge on any atom is 0.143 e. The first-order chi connectivity index (χ1) is 18.4. The summed E-state index contributed by atoms with van der Waals surface area (Å²) in [5.41, 5.74) is 2.03. The van der Waals surface area contributed by atoms with Crippen molar-refractivity contribution < 1.29 is 4.42 Å². The molecule has 0 unspecified atom stereocenters. The van der Waals surface area contributed by atoms with Gasteiger partial charge >= 0.3 is 0 Å². The fourth-order valence-corrected chi connectivity index (χ4v) is 7.94. The van der Waals surface area contributed by atoms with E-state index in [4.69, 9.17) is 4.42 Å². The predicted octanol–water partition coefficient (Wildman–Crippen LogP) is 10.6. The van der Waals surface area contributed by atoms with E-state index in [0.717, 1.165) is 11.2 Å². The Bertz CT molecular complexity index is 2530. The Morgan fingerprint density at radius 2 is 0.676 bits per heavy atom. The van der Waals surface area contributed by atoms with Crippen LogP contribution in [0.25, 0.3) is 108 Å². The number of benzene rings is 8. The van der Waals surface area contributed by atoms with Crippen LogP contribution in [0.15, 0.2) is 101 Å². The van der Waals surface area contributed by atoms with Crippen LogP contribution in [0.5, 0.6) is 0 Å². The van der Waals surface area contributed by atoms with Crippen LogP contribution in [0.3, 0.4) is 0 Å². The Balaban J connectivity index is 1.56. The minimum absolute atomic E-state index is 1.02. The fourth-order valence-electron chi connectivity index (χ4n) is 7.94. The van der Waals surface area contributed by atoms with Crippen molar-refractivity contribution in [2.75, 3.05) is 0 Å². The molecule has 0 spiro atoms. The lowest BCUT2D eigenvalue weighted by molar-refractivity contribution is 0.677. The summed E-state index contributed by atoms with van der Waals surface area (Å²) in [4.78, 5) is 0. The summed E-state index contributed by atoms with van der Waals surface area (Å²) in [6.45, 7) is 0. The van der Waals surface area contributed by atoms with Crippen molar-refractivity contribution >= 4 is 108 Å². The molecule has 0 fully saturated rings. The zero-order valence-corrected chi connectivity index (χ0v) is 19.6. The largest absolute Gasteiger partial charge is 0.455 e. The molecular formula is C36H16O. The topological polar surface area (TPSA) is 13.1 Å². The highest BCUT2D eigenvalue weighted by atomic mass is 16.3. The van der Waals surface area contributed by atoms with E-state index in [0.29, 0.717) is 0 Å². The molecule has 0 saturated heterocycles. The summed E-state index contributed by atoms with van der Waals surface area (Å²) in [6.07, 6.45) is 0. The molecule has 0 aliphatic carbocycles. The molecule has 1 heterocycles. The molecule has 11 rings (SSSR count). The number of hydrogen-bond acceptors (Lipinski definition) is 1. The highest BCUT2D eigenvalue weighted by molar-refractivity contribution is 6.49. The number of fused-ring (bicyclic) bond motifs is 9. The van der Waals surface area contributed by atoms with Gasteiger partial charge in [-0.05, 0) is 76.8 Å². The highest BCUT2D eigenvalue weighted by Crippen LogP contribution is 2.53. The zero-order valence-electron chi connectivity index (χ0n) is 19.6. The van der Waals surface area contributed by atoms with Crippen LogP contribution >= 0.6 is 0 Å². The first-order valence-electron chi connectivity index (χ1n) is 13.0. The van der Waals surface area contributed by atoms with Crippen LogP contribution in [-0.2, 0) is 0 Å². The molecule has 11 aromatic rings. The normalized spacial score (nSPS) is 13.4. The number of hydrogen-bond donors (Lipinski definition) is 0. The monoisotopic (exact) mass is 464 g/mol. The lowest BCUT2D eigenvalue weighted by atomic mass is 9.92. The first-order valence-corrected chi connectivity index (χ1v) is 13.0. The Morgan fingerprint density at radius 3 is 1.16 bits per heavy atom. The van der Waals surface area contributed by atoms with Gasteiger partial charge in [0.1, 0.15) is 11.2 Å². The molecule has 0 bridgehead atoms. The Hall–Kier alpha value is -4.88. The predicted molar refractivity (Wildman–Crippen MR) is 159 cm³/mol. The quantitative estimate of drug-likeness (QED) is 0.203. The average Bonchev–Trinajstić information content (AvgIpc) is 3.62. The third-order valence-electron chi connectivity index (χ3n) is 9.24. The van der Waals surface area contributed by atoms with Gasteiger partial charge in [-0.1, -0.05) is 84.9 Å². The third kappa shape index (κ3) is 1.69.